The summed E-state index contributed by atoms with van der Waals surface area (Å²) in [4.78, 5) is 0. The van der Waals surface area contributed by atoms with Crippen LogP contribution in [0.1, 0.15) is 19.8 Å². The van der Waals surface area contributed by atoms with E-state index in [-0.39, 0.29) is 0 Å². The highest BCUT2D eigenvalue weighted by molar-refractivity contribution is 5.26. The molecule has 0 aromatic heterocycles. The van der Waals surface area contributed by atoms with Crippen LogP contribution in [0, 0.1) is 17.8 Å². The predicted octanol–water partition coefficient (Wildman–Crippen LogP) is 2.73. The van der Waals surface area contributed by atoms with Crippen LogP contribution < -0.4 is 0 Å². The minimum absolute atomic E-state index is 0.398. The SMILES string of the molecule is CC1(C2CC2)[CH]C=CC=C1. The van der Waals surface area contributed by atoms with Crippen molar-refractivity contribution >= 4 is 0 Å². The zero-order valence-electron chi connectivity index (χ0n) is 6.38. The monoisotopic (exact) mass is 133 g/mol. The van der Waals surface area contributed by atoms with Gasteiger partial charge in [-0.25, -0.2) is 0 Å². The molecule has 0 heterocycles. The summed E-state index contributed by atoms with van der Waals surface area (Å²) in [5.74, 6) is 0.939. The third-order valence-corrected chi connectivity index (χ3v) is 2.59. The molecule has 1 fully saturated rings. The van der Waals surface area contributed by atoms with E-state index in [1.54, 1.807) is 0 Å². The molecule has 0 saturated heterocycles. The van der Waals surface area contributed by atoms with Gasteiger partial charge in [0.15, 0.2) is 0 Å². The van der Waals surface area contributed by atoms with Gasteiger partial charge in [-0.1, -0.05) is 31.2 Å². The van der Waals surface area contributed by atoms with Crippen LogP contribution in [0.25, 0.3) is 0 Å². The van der Waals surface area contributed by atoms with Crippen molar-refractivity contribution in [2.75, 3.05) is 0 Å². The number of allylic oxidation sites excluding steroid dienone is 4. The van der Waals surface area contributed by atoms with Crippen LogP contribution in [0.15, 0.2) is 24.3 Å². The molecule has 1 unspecified atom stereocenters. The van der Waals surface area contributed by atoms with Gasteiger partial charge in [-0.3, -0.25) is 0 Å². The van der Waals surface area contributed by atoms with Gasteiger partial charge in [0, 0.05) is 0 Å². The van der Waals surface area contributed by atoms with Gasteiger partial charge < -0.3 is 0 Å². The zero-order chi connectivity index (χ0) is 7.03. The molecular formula is C10H13. The standard InChI is InChI=1S/C10H13/c1-10(9-5-6-9)7-3-2-4-8-10/h2-4,7-9H,5-6H2,1H3. The Morgan fingerprint density at radius 3 is 2.50 bits per heavy atom. The minimum Gasteiger partial charge on any atom is -0.0799 e. The molecule has 2 aliphatic carbocycles. The number of hydrogen-bond acceptors (Lipinski definition) is 0. The van der Waals surface area contributed by atoms with Gasteiger partial charge in [0.2, 0.25) is 0 Å². The maximum Gasteiger partial charge on any atom is -0.00464 e. The second kappa shape index (κ2) is 1.98. The normalized spacial score (nSPS) is 38.5. The van der Waals surface area contributed by atoms with Gasteiger partial charge in [-0.2, -0.15) is 0 Å². The van der Waals surface area contributed by atoms with Crippen molar-refractivity contribution in [3.8, 4) is 0 Å². The Morgan fingerprint density at radius 2 is 2.00 bits per heavy atom. The van der Waals surface area contributed by atoms with Gasteiger partial charge >= 0.3 is 0 Å². The number of rotatable bonds is 1. The summed E-state index contributed by atoms with van der Waals surface area (Å²) in [6.07, 6.45) is 13.9. The van der Waals surface area contributed by atoms with Crippen molar-refractivity contribution in [1.29, 1.82) is 0 Å². The van der Waals surface area contributed by atoms with Crippen molar-refractivity contribution in [3.05, 3.63) is 30.7 Å². The molecule has 2 aliphatic rings. The van der Waals surface area contributed by atoms with Crippen LogP contribution in [0.3, 0.4) is 0 Å². The highest BCUT2D eigenvalue weighted by Crippen LogP contribution is 2.49. The van der Waals surface area contributed by atoms with Crippen LogP contribution in [0.4, 0.5) is 0 Å². The number of hydrogen-bond donors (Lipinski definition) is 0. The van der Waals surface area contributed by atoms with Crippen LogP contribution in [-0.2, 0) is 0 Å². The van der Waals surface area contributed by atoms with Gasteiger partial charge in [-0.05, 0) is 30.6 Å². The van der Waals surface area contributed by atoms with E-state index in [4.69, 9.17) is 0 Å². The van der Waals surface area contributed by atoms with Crippen molar-refractivity contribution in [1.82, 2.24) is 0 Å². The molecule has 0 nitrogen and oxygen atoms in total. The molecule has 0 spiro atoms. The lowest BCUT2D eigenvalue weighted by Crippen LogP contribution is -2.16. The van der Waals surface area contributed by atoms with Gasteiger partial charge in [0.05, 0.1) is 0 Å². The third kappa shape index (κ3) is 0.920. The molecule has 0 N–H and O–H groups in total. The summed E-state index contributed by atoms with van der Waals surface area (Å²) < 4.78 is 0. The summed E-state index contributed by atoms with van der Waals surface area (Å²) in [5, 5.41) is 0. The first-order valence-electron chi connectivity index (χ1n) is 4.02. The zero-order valence-corrected chi connectivity index (χ0v) is 6.38. The van der Waals surface area contributed by atoms with Crippen molar-refractivity contribution in [3.63, 3.8) is 0 Å². The molecule has 2 rings (SSSR count). The summed E-state index contributed by atoms with van der Waals surface area (Å²) in [6, 6.07) is 0. The molecule has 0 heteroatoms. The Bertz CT molecular complexity index is 184. The fraction of sp³-hybridized carbons (Fsp3) is 0.500. The van der Waals surface area contributed by atoms with Crippen LogP contribution in [-0.4, -0.2) is 0 Å². The summed E-state index contributed by atoms with van der Waals surface area (Å²) >= 11 is 0. The molecule has 0 aliphatic heterocycles. The van der Waals surface area contributed by atoms with E-state index in [1.165, 1.54) is 12.8 Å². The fourth-order valence-electron chi connectivity index (χ4n) is 1.62. The van der Waals surface area contributed by atoms with Crippen LogP contribution in [0.2, 0.25) is 0 Å². The van der Waals surface area contributed by atoms with E-state index in [1.807, 2.05) is 0 Å². The molecule has 1 atom stereocenters. The smallest absolute Gasteiger partial charge is 0.00464 e. The fourth-order valence-corrected chi connectivity index (χ4v) is 1.62. The quantitative estimate of drug-likeness (QED) is 0.516. The van der Waals surface area contributed by atoms with E-state index in [0.717, 1.165) is 5.92 Å². The average Bonchev–Trinajstić information content (AvgIpc) is 2.69. The lowest BCUT2D eigenvalue weighted by atomic mass is 9.79. The average molecular weight is 133 g/mol. The Kier molecular flexibility index (Phi) is 1.23. The molecule has 1 saturated carbocycles. The molecule has 0 bridgehead atoms. The minimum atomic E-state index is 0.398. The maximum atomic E-state index is 2.32. The van der Waals surface area contributed by atoms with Crippen molar-refractivity contribution < 1.29 is 0 Å². The first-order valence-corrected chi connectivity index (χ1v) is 4.02. The first kappa shape index (κ1) is 6.21. The second-order valence-corrected chi connectivity index (χ2v) is 3.55. The lowest BCUT2D eigenvalue weighted by Gasteiger charge is -2.25. The first-order chi connectivity index (χ1) is 4.81. The van der Waals surface area contributed by atoms with E-state index in [9.17, 15) is 0 Å². The summed E-state index contributed by atoms with van der Waals surface area (Å²) in [5.41, 5.74) is 0.398. The third-order valence-electron chi connectivity index (χ3n) is 2.59. The highest BCUT2D eigenvalue weighted by atomic mass is 14.4. The Hall–Kier alpha value is -0.520. The highest BCUT2D eigenvalue weighted by Gasteiger charge is 2.39. The van der Waals surface area contributed by atoms with Crippen molar-refractivity contribution in [2.24, 2.45) is 11.3 Å². The van der Waals surface area contributed by atoms with E-state index in [0.29, 0.717) is 5.41 Å². The second-order valence-electron chi connectivity index (χ2n) is 3.55. The molecule has 53 valence electrons. The molecule has 0 aromatic carbocycles. The Balaban J connectivity index is 2.14. The summed E-state index contributed by atoms with van der Waals surface area (Å²) in [6.45, 7) is 2.32. The molecular weight excluding hydrogens is 120 g/mol. The Labute approximate surface area is 62.6 Å². The predicted molar refractivity (Wildman–Crippen MR) is 43.4 cm³/mol. The lowest BCUT2D eigenvalue weighted by molar-refractivity contribution is 0.443. The van der Waals surface area contributed by atoms with Crippen molar-refractivity contribution in [2.45, 2.75) is 19.8 Å². The molecule has 10 heavy (non-hydrogen) atoms. The Morgan fingerprint density at radius 1 is 1.20 bits per heavy atom. The maximum absolute atomic E-state index is 2.32. The van der Waals surface area contributed by atoms with Crippen LogP contribution >= 0.6 is 0 Å². The van der Waals surface area contributed by atoms with Crippen LogP contribution in [0.5, 0.6) is 0 Å². The topological polar surface area (TPSA) is 0 Å². The molecule has 0 amide bonds. The summed E-state index contributed by atoms with van der Waals surface area (Å²) in [7, 11) is 0. The van der Waals surface area contributed by atoms with E-state index in [2.05, 4.69) is 37.6 Å². The van der Waals surface area contributed by atoms with Gasteiger partial charge in [0.1, 0.15) is 0 Å². The van der Waals surface area contributed by atoms with Gasteiger partial charge in [-0.15, -0.1) is 0 Å². The largest absolute Gasteiger partial charge is 0.0799 e. The van der Waals surface area contributed by atoms with E-state index < -0.39 is 0 Å². The molecule has 0 aromatic rings. The molecule has 1 radical (unpaired) electrons. The van der Waals surface area contributed by atoms with Gasteiger partial charge in [0.25, 0.3) is 0 Å². The van der Waals surface area contributed by atoms with E-state index >= 15 is 0 Å².